The van der Waals surface area contributed by atoms with Crippen LogP contribution in [-0.2, 0) is 27.2 Å². The third kappa shape index (κ3) is 3.28. The number of nitriles is 1. The number of nitrogens with one attached hydrogen (secondary N) is 1. The van der Waals surface area contributed by atoms with E-state index in [-0.39, 0.29) is 11.4 Å². The van der Waals surface area contributed by atoms with Crippen LogP contribution in [0.2, 0.25) is 0 Å². The number of hydrogen-bond acceptors (Lipinski definition) is 5. The zero-order valence-electron chi connectivity index (χ0n) is 14.5. The van der Waals surface area contributed by atoms with Crippen molar-refractivity contribution in [2.45, 2.75) is 13.1 Å². The molecule has 3 rings (SSSR count). The molecule has 1 N–H and O–H groups in total. The molecule has 2 heterocycles. The maximum absolute atomic E-state index is 12.1. The molecule has 0 amide bonds. The fraction of sp³-hybridized carbons (Fsp3) is 0.222. The molecule has 0 saturated heterocycles. The molecular formula is C18H18N6O2. The highest BCUT2D eigenvalue weighted by molar-refractivity contribution is 5.51. The minimum atomic E-state index is -0.603. The van der Waals surface area contributed by atoms with Gasteiger partial charge in [-0.15, -0.1) is 0 Å². The van der Waals surface area contributed by atoms with E-state index in [1.54, 1.807) is 12.5 Å². The summed E-state index contributed by atoms with van der Waals surface area (Å²) in [6, 6.07) is 9.81. The summed E-state index contributed by atoms with van der Waals surface area (Å²) in [6.45, 7) is 1.12. The van der Waals surface area contributed by atoms with Gasteiger partial charge in [-0.1, -0.05) is 24.3 Å². The first kappa shape index (κ1) is 17.2. The van der Waals surface area contributed by atoms with E-state index in [0.717, 1.165) is 22.2 Å². The van der Waals surface area contributed by atoms with Crippen LogP contribution < -0.4 is 16.6 Å². The molecule has 0 aliphatic rings. The van der Waals surface area contributed by atoms with Crippen molar-refractivity contribution in [3.63, 3.8) is 0 Å². The molecular weight excluding hydrogens is 332 g/mol. The lowest BCUT2D eigenvalue weighted by Gasteiger charge is -2.14. The van der Waals surface area contributed by atoms with E-state index in [4.69, 9.17) is 0 Å². The normalized spacial score (nSPS) is 10.5. The van der Waals surface area contributed by atoms with Crippen molar-refractivity contribution in [2.75, 3.05) is 5.32 Å². The molecule has 8 nitrogen and oxygen atoms in total. The molecule has 132 valence electrons. The fourth-order valence-corrected chi connectivity index (χ4v) is 2.69. The number of nitrogens with zero attached hydrogens (tertiary/aromatic N) is 5. The van der Waals surface area contributed by atoms with E-state index in [1.807, 2.05) is 41.1 Å². The van der Waals surface area contributed by atoms with E-state index in [0.29, 0.717) is 6.54 Å². The first-order chi connectivity index (χ1) is 12.5. The molecule has 26 heavy (non-hydrogen) atoms. The average molecular weight is 350 g/mol. The van der Waals surface area contributed by atoms with Crippen molar-refractivity contribution >= 4 is 5.82 Å². The third-order valence-electron chi connectivity index (χ3n) is 4.18. The van der Waals surface area contributed by atoms with Gasteiger partial charge in [0.2, 0.25) is 0 Å². The standard InChI is InChI=1S/C18H18N6O2/c1-22-16(15(9-19)17(25)23(2)18(22)26)21-10-13-3-5-14(6-4-13)11-24-8-7-20-12-24/h3-8,12,21H,10-11H2,1-2H3. The van der Waals surface area contributed by atoms with E-state index in [2.05, 4.69) is 10.3 Å². The van der Waals surface area contributed by atoms with Crippen LogP contribution in [0.5, 0.6) is 0 Å². The number of aromatic nitrogens is 4. The molecule has 2 aromatic heterocycles. The molecule has 0 saturated carbocycles. The second-order valence-electron chi connectivity index (χ2n) is 5.95. The second kappa shape index (κ2) is 7.11. The Hall–Kier alpha value is -3.60. The largest absolute Gasteiger partial charge is 0.366 e. The van der Waals surface area contributed by atoms with Crippen LogP contribution in [0.15, 0.2) is 52.6 Å². The quantitative estimate of drug-likeness (QED) is 0.734. The molecule has 0 bridgehead atoms. The predicted molar refractivity (Wildman–Crippen MR) is 96.7 cm³/mol. The first-order valence-electron chi connectivity index (χ1n) is 7.99. The van der Waals surface area contributed by atoms with Crippen LogP contribution in [-0.4, -0.2) is 18.7 Å². The number of anilines is 1. The predicted octanol–water partition coefficient (Wildman–Crippen LogP) is 0.813. The summed E-state index contributed by atoms with van der Waals surface area (Å²) in [5, 5.41) is 12.3. The second-order valence-corrected chi connectivity index (χ2v) is 5.95. The summed E-state index contributed by atoms with van der Waals surface area (Å²) in [7, 11) is 2.88. The lowest BCUT2D eigenvalue weighted by atomic mass is 10.1. The van der Waals surface area contributed by atoms with Gasteiger partial charge < -0.3 is 9.88 Å². The summed E-state index contributed by atoms with van der Waals surface area (Å²) in [5.74, 6) is 0.225. The van der Waals surface area contributed by atoms with E-state index >= 15 is 0 Å². The molecule has 0 atom stereocenters. The van der Waals surface area contributed by atoms with Crippen LogP contribution in [0.4, 0.5) is 5.82 Å². The van der Waals surface area contributed by atoms with Crippen LogP contribution >= 0.6 is 0 Å². The molecule has 0 aliphatic heterocycles. The lowest BCUT2D eigenvalue weighted by molar-refractivity contribution is 0.685. The van der Waals surface area contributed by atoms with Crippen molar-refractivity contribution in [1.82, 2.24) is 18.7 Å². The van der Waals surface area contributed by atoms with Gasteiger partial charge in [-0.25, -0.2) is 9.78 Å². The van der Waals surface area contributed by atoms with Gasteiger partial charge in [0, 0.05) is 39.6 Å². The lowest BCUT2D eigenvalue weighted by Crippen LogP contribution is -2.39. The summed E-state index contributed by atoms with van der Waals surface area (Å²) in [4.78, 5) is 28.2. The topological polar surface area (TPSA) is 97.6 Å². The third-order valence-corrected chi connectivity index (χ3v) is 4.18. The molecule has 8 heteroatoms. The summed E-state index contributed by atoms with van der Waals surface area (Å²) in [6.07, 6.45) is 5.39. The fourth-order valence-electron chi connectivity index (χ4n) is 2.69. The van der Waals surface area contributed by atoms with Gasteiger partial charge in [0.1, 0.15) is 11.9 Å². The van der Waals surface area contributed by atoms with Crippen molar-refractivity contribution in [1.29, 1.82) is 5.26 Å². The van der Waals surface area contributed by atoms with E-state index < -0.39 is 11.2 Å². The van der Waals surface area contributed by atoms with E-state index in [1.165, 1.54) is 18.7 Å². The highest BCUT2D eigenvalue weighted by Gasteiger charge is 2.14. The SMILES string of the molecule is Cn1c(NCc2ccc(Cn3ccnc3)cc2)c(C#N)c(=O)n(C)c1=O. The van der Waals surface area contributed by atoms with Crippen molar-refractivity contribution in [3.8, 4) is 6.07 Å². The molecule has 0 unspecified atom stereocenters. The molecule has 3 aromatic rings. The Morgan fingerprint density at radius 2 is 1.81 bits per heavy atom. The smallest absolute Gasteiger partial charge is 0.332 e. The Labute approximate surface area is 149 Å². The van der Waals surface area contributed by atoms with Gasteiger partial charge in [-0.05, 0) is 11.1 Å². The summed E-state index contributed by atoms with van der Waals surface area (Å²) in [5.41, 5.74) is 0.939. The number of hydrogen-bond donors (Lipinski definition) is 1. The van der Waals surface area contributed by atoms with Gasteiger partial charge in [-0.3, -0.25) is 13.9 Å². The summed E-state index contributed by atoms with van der Waals surface area (Å²) >= 11 is 0. The van der Waals surface area contributed by atoms with Crippen molar-refractivity contribution < 1.29 is 0 Å². The molecule has 0 spiro atoms. The first-order valence-corrected chi connectivity index (χ1v) is 7.99. The Balaban J connectivity index is 1.78. The highest BCUT2D eigenvalue weighted by Crippen LogP contribution is 2.11. The van der Waals surface area contributed by atoms with Gasteiger partial charge in [0.05, 0.1) is 6.33 Å². The maximum atomic E-state index is 12.1. The molecule has 0 radical (unpaired) electrons. The molecule has 0 aliphatic carbocycles. The minimum absolute atomic E-state index is 0.0775. The molecule has 1 aromatic carbocycles. The van der Waals surface area contributed by atoms with Gasteiger partial charge in [0.25, 0.3) is 5.56 Å². The average Bonchev–Trinajstić information content (AvgIpc) is 3.16. The Bertz CT molecular complexity index is 1070. The minimum Gasteiger partial charge on any atom is -0.366 e. The number of benzene rings is 1. The Morgan fingerprint density at radius 1 is 1.12 bits per heavy atom. The van der Waals surface area contributed by atoms with Crippen molar-refractivity contribution in [2.24, 2.45) is 14.1 Å². The Kier molecular flexibility index (Phi) is 4.71. The zero-order chi connectivity index (χ0) is 18.7. The van der Waals surface area contributed by atoms with Crippen LogP contribution in [0.25, 0.3) is 0 Å². The van der Waals surface area contributed by atoms with E-state index in [9.17, 15) is 14.9 Å². The van der Waals surface area contributed by atoms with Gasteiger partial charge >= 0.3 is 5.69 Å². The highest BCUT2D eigenvalue weighted by atomic mass is 16.2. The molecule has 0 fully saturated rings. The monoisotopic (exact) mass is 350 g/mol. The van der Waals surface area contributed by atoms with Gasteiger partial charge in [-0.2, -0.15) is 5.26 Å². The maximum Gasteiger partial charge on any atom is 0.332 e. The van der Waals surface area contributed by atoms with Crippen LogP contribution in [0, 0.1) is 11.3 Å². The number of imidazole rings is 1. The number of rotatable bonds is 5. The summed E-state index contributed by atoms with van der Waals surface area (Å²) < 4.78 is 4.17. The van der Waals surface area contributed by atoms with Crippen LogP contribution in [0.1, 0.15) is 16.7 Å². The zero-order valence-corrected chi connectivity index (χ0v) is 14.5. The van der Waals surface area contributed by atoms with Gasteiger partial charge in [0.15, 0.2) is 5.56 Å². The Morgan fingerprint density at radius 3 is 2.42 bits per heavy atom. The van der Waals surface area contributed by atoms with Crippen LogP contribution in [0.3, 0.4) is 0 Å². The van der Waals surface area contributed by atoms with Crippen molar-refractivity contribution in [3.05, 3.63) is 80.5 Å².